The molecule has 0 bridgehead atoms. The lowest BCUT2D eigenvalue weighted by atomic mass is 10.1. The zero-order chi connectivity index (χ0) is 18.6. The largest absolute Gasteiger partial charge is 0.463 e. The standard InChI is InChI=1S/C21H39O4/c1-3-5-7-9-11-13-15-17-20(25-19-22)21(23)24-18-16-14-12-10-8-6-4-2/h20H,3-18H2,1-2H3. The van der Waals surface area contributed by atoms with Gasteiger partial charge in [-0.2, -0.15) is 0 Å². The summed E-state index contributed by atoms with van der Waals surface area (Å²) in [7, 11) is 0. The van der Waals surface area contributed by atoms with Crippen LogP contribution in [0.5, 0.6) is 0 Å². The molecule has 1 radical (unpaired) electrons. The minimum atomic E-state index is -0.780. The first-order valence-corrected chi connectivity index (χ1v) is 10.5. The summed E-state index contributed by atoms with van der Waals surface area (Å²) in [5.74, 6) is -0.416. The third-order valence-corrected chi connectivity index (χ3v) is 4.52. The van der Waals surface area contributed by atoms with Gasteiger partial charge in [0.05, 0.1) is 6.61 Å². The van der Waals surface area contributed by atoms with E-state index in [1.165, 1.54) is 70.7 Å². The highest BCUT2D eigenvalue weighted by molar-refractivity contribution is 5.75. The summed E-state index contributed by atoms with van der Waals surface area (Å²) in [5, 5.41) is 0. The lowest BCUT2D eigenvalue weighted by molar-refractivity contribution is -0.153. The molecule has 0 aromatic rings. The van der Waals surface area contributed by atoms with Gasteiger partial charge in [-0.25, -0.2) is 9.59 Å². The molecule has 147 valence electrons. The summed E-state index contributed by atoms with van der Waals surface area (Å²) < 4.78 is 10.0. The molecule has 0 heterocycles. The zero-order valence-corrected chi connectivity index (χ0v) is 16.5. The molecule has 4 nitrogen and oxygen atoms in total. The molecule has 4 heteroatoms. The Bertz CT molecular complexity index is 304. The topological polar surface area (TPSA) is 52.6 Å². The van der Waals surface area contributed by atoms with Crippen LogP contribution in [-0.4, -0.2) is 25.2 Å². The van der Waals surface area contributed by atoms with Crippen LogP contribution in [0.2, 0.25) is 0 Å². The first kappa shape index (κ1) is 23.9. The Morgan fingerprint density at radius 3 is 1.76 bits per heavy atom. The molecule has 0 saturated heterocycles. The summed E-state index contributed by atoms with van der Waals surface area (Å²) in [6, 6.07) is 0. The van der Waals surface area contributed by atoms with E-state index in [4.69, 9.17) is 9.47 Å². The van der Waals surface area contributed by atoms with Crippen molar-refractivity contribution in [3.8, 4) is 0 Å². The van der Waals surface area contributed by atoms with Crippen molar-refractivity contribution in [1.29, 1.82) is 0 Å². The molecule has 1 atom stereocenters. The predicted octanol–water partition coefficient (Wildman–Crippen LogP) is 5.87. The van der Waals surface area contributed by atoms with E-state index in [9.17, 15) is 9.59 Å². The van der Waals surface area contributed by atoms with Gasteiger partial charge >= 0.3 is 12.4 Å². The van der Waals surface area contributed by atoms with Crippen LogP contribution in [0.25, 0.3) is 0 Å². The van der Waals surface area contributed by atoms with Crippen molar-refractivity contribution < 1.29 is 19.1 Å². The molecular weight excluding hydrogens is 316 g/mol. The molecule has 0 aromatic heterocycles. The third kappa shape index (κ3) is 16.2. The van der Waals surface area contributed by atoms with E-state index in [0.29, 0.717) is 13.0 Å². The quantitative estimate of drug-likeness (QED) is 0.215. The van der Waals surface area contributed by atoms with Gasteiger partial charge in [0.15, 0.2) is 6.10 Å². The third-order valence-electron chi connectivity index (χ3n) is 4.52. The minimum Gasteiger partial charge on any atom is -0.463 e. The summed E-state index contributed by atoms with van der Waals surface area (Å²) in [4.78, 5) is 22.5. The van der Waals surface area contributed by atoms with E-state index in [1.54, 1.807) is 0 Å². The Balaban J connectivity index is 3.68. The number of esters is 1. The van der Waals surface area contributed by atoms with E-state index in [-0.39, 0.29) is 0 Å². The Morgan fingerprint density at radius 2 is 1.24 bits per heavy atom. The van der Waals surface area contributed by atoms with Crippen molar-refractivity contribution in [2.24, 2.45) is 0 Å². The highest BCUT2D eigenvalue weighted by Gasteiger charge is 2.21. The Morgan fingerprint density at radius 1 is 0.760 bits per heavy atom. The number of unbranched alkanes of at least 4 members (excludes halogenated alkanes) is 12. The second kappa shape index (κ2) is 19.3. The van der Waals surface area contributed by atoms with Gasteiger partial charge in [-0.3, -0.25) is 0 Å². The highest BCUT2D eigenvalue weighted by atomic mass is 16.6. The van der Waals surface area contributed by atoms with Gasteiger partial charge in [-0.15, -0.1) is 0 Å². The summed E-state index contributed by atoms with van der Waals surface area (Å²) in [6.07, 6.45) is 16.2. The van der Waals surface area contributed by atoms with Crippen LogP contribution in [0.1, 0.15) is 110 Å². The van der Waals surface area contributed by atoms with Crippen LogP contribution in [0.3, 0.4) is 0 Å². The maximum absolute atomic E-state index is 12.0. The molecular formula is C21H39O4. The van der Waals surface area contributed by atoms with Crippen molar-refractivity contribution in [3.63, 3.8) is 0 Å². The van der Waals surface area contributed by atoms with E-state index in [0.717, 1.165) is 25.7 Å². The molecule has 0 aliphatic heterocycles. The summed E-state index contributed by atoms with van der Waals surface area (Å²) >= 11 is 0. The van der Waals surface area contributed by atoms with E-state index < -0.39 is 12.1 Å². The van der Waals surface area contributed by atoms with Gasteiger partial charge in [-0.1, -0.05) is 90.9 Å². The minimum absolute atomic E-state index is 0.416. The Kier molecular flexibility index (Phi) is 18.5. The number of hydrogen-bond donors (Lipinski definition) is 0. The zero-order valence-electron chi connectivity index (χ0n) is 16.5. The van der Waals surface area contributed by atoms with Crippen LogP contribution >= 0.6 is 0 Å². The van der Waals surface area contributed by atoms with Crippen LogP contribution in [0.15, 0.2) is 0 Å². The van der Waals surface area contributed by atoms with Gasteiger partial charge < -0.3 is 9.47 Å². The van der Waals surface area contributed by atoms with Crippen LogP contribution in [0.4, 0.5) is 0 Å². The van der Waals surface area contributed by atoms with Crippen molar-refractivity contribution >= 4 is 12.4 Å². The lowest BCUT2D eigenvalue weighted by Gasteiger charge is -2.13. The molecule has 0 N–H and O–H groups in total. The Labute approximate surface area is 155 Å². The molecule has 0 saturated carbocycles. The number of carbonyl (C=O) groups is 1. The van der Waals surface area contributed by atoms with Gasteiger partial charge in [-0.05, 0) is 19.3 Å². The lowest BCUT2D eigenvalue weighted by Crippen LogP contribution is -2.26. The van der Waals surface area contributed by atoms with Gasteiger partial charge in [0.25, 0.3) is 0 Å². The van der Waals surface area contributed by atoms with Crippen LogP contribution in [-0.2, 0) is 19.1 Å². The van der Waals surface area contributed by atoms with Crippen molar-refractivity contribution in [2.75, 3.05) is 6.61 Å². The SMILES string of the molecule is CCCCCCCCCOC(=O)C(CCCCCCCCC)O[C]=O. The van der Waals surface area contributed by atoms with Crippen LogP contribution < -0.4 is 0 Å². The number of hydrogen-bond acceptors (Lipinski definition) is 4. The molecule has 0 aromatic carbocycles. The van der Waals surface area contributed by atoms with Crippen molar-refractivity contribution in [2.45, 2.75) is 116 Å². The molecule has 0 spiro atoms. The first-order valence-electron chi connectivity index (χ1n) is 10.5. The average molecular weight is 356 g/mol. The average Bonchev–Trinajstić information content (AvgIpc) is 2.62. The summed E-state index contributed by atoms with van der Waals surface area (Å²) in [5.41, 5.74) is 0. The monoisotopic (exact) mass is 355 g/mol. The Hall–Kier alpha value is -1.06. The smallest absolute Gasteiger partial charge is 0.418 e. The van der Waals surface area contributed by atoms with E-state index >= 15 is 0 Å². The second-order valence-electron chi connectivity index (χ2n) is 6.89. The molecule has 0 aliphatic carbocycles. The summed E-state index contributed by atoms with van der Waals surface area (Å²) in [6.45, 7) is 6.23. The first-order chi connectivity index (χ1) is 12.3. The fourth-order valence-corrected chi connectivity index (χ4v) is 2.89. The second-order valence-corrected chi connectivity index (χ2v) is 6.89. The molecule has 25 heavy (non-hydrogen) atoms. The molecule has 1 unspecified atom stereocenters. The number of ether oxygens (including phenoxy) is 2. The normalized spacial score (nSPS) is 11.9. The van der Waals surface area contributed by atoms with Gasteiger partial charge in [0, 0.05) is 0 Å². The van der Waals surface area contributed by atoms with Crippen LogP contribution in [0, 0.1) is 0 Å². The molecule has 0 fully saturated rings. The van der Waals surface area contributed by atoms with Crippen molar-refractivity contribution in [1.82, 2.24) is 0 Å². The maximum atomic E-state index is 12.0. The highest BCUT2D eigenvalue weighted by Crippen LogP contribution is 2.12. The number of carbonyl (C=O) groups excluding carboxylic acids is 2. The van der Waals surface area contributed by atoms with Gasteiger partial charge in [0.2, 0.25) is 0 Å². The predicted molar refractivity (Wildman–Crippen MR) is 102 cm³/mol. The molecule has 0 aliphatic rings. The van der Waals surface area contributed by atoms with E-state index in [2.05, 4.69) is 13.8 Å². The molecule has 0 amide bonds. The maximum Gasteiger partial charge on any atom is 0.418 e. The number of rotatable bonds is 19. The fourth-order valence-electron chi connectivity index (χ4n) is 2.89. The van der Waals surface area contributed by atoms with Gasteiger partial charge in [0.1, 0.15) is 0 Å². The fraction of sp³-hybridized carbons (Fsp3) is 0.905. The molecule has 0 rings (SSSR count). The van der Waals surface area contributed by atoms with Crippen molar-refractivity contribution in [3.05, 3.63) is 0 Å². The van der Waals surface area contributed by atoms with E-state index in [1.807, 2.05) is 0 Å².